The molecule has 1 aromatic rings. The van der Waals surface area contributed by atoms with Gasteiger partial charge in [-0.15, -0.1) is 0 Å². The van der Waals surface area contributed by atoms with Crippen molar-refractivity contribution in [2.45, 2.75) is 4.90 Å². The fourth-order valence-corrected chi connectivity index (χ4v) is 1.85. The van der Waals surface area contributed by atoms with Gasteiger partial charge in [0.15, 0.2) is 0 Å². The minimum Gasteiger partial charge on any atom is -0.508 e. The standard InChI is InChI=1S/C7H7ClO4S/c1-12-6-4-5(9)2-3-7(6)13(8,10)11/h2-4,9H,1H3. The molecule has 6 heteroatoms. The Labute approximate surface area is 80.1 Å². The SMILES string of the molecule is COc1cc(O)ccc1S(=O)(=O)Cl. The normalized spacial score (nSPS) is 11.2. The van der Waals surface area contributed by atoms with E-state index in [1.165, 1.54) is 25.3 Å². The zero-order valence-electron chi connectivity index (χ0n) is 6.69. The third-order valence-corrected chi connectivity index (χ3v) is 2.77. The van der Waals surface area contributed by atoms with E-state index in [0.717, 1.165) is 0 Å². The van der Waals surface area contributed by atoms with Crippen LogP contribution in [0, 0.1) is 0 Å². The molecular formula is C7H7ClO4S. The maximum absolute atomic E-state index is 10.9. The van der Waals surface area contributed by atoms with Crippen molar-refractivity contribution in [2.75, 3.05) is 7.11 Å². The lowest BCUT2D eigenvalue weighted by atomic mass is 10.3. The topological polar surface area (TPSA) is 63.6 Å². The minimum absolute atomic E-state index is 0.0231. The molecule has 1 aromatic carbocycles. The second-order valence-corrected chi connectivity index (χ2v) is 4.81. The Morgan fingerprint density at radius 3 is 2.54 bits per heavy atom. The molecule has 0 aliphatic rings. The number of hydrogen-bond acceptors (Lipinski definition) is 4. The maximum atomic E-state index is 10.9. The second kappa shape index (κ2) is 3.43. The molecule has 1 rings (SSSR count). The Morgan fingerprint density at radius 2 is 2.08 bits per heavy atom. The molecule has 0 spiro atoms. The van der Waals surface area contributed by atoms with E-state index < -0.39 is 9.05 Å². The Hall–Kier alpha value is -0.940. The summed E-state index contributed by atoms with van der Waals surface area (Å²) in [6, 6.07) is 3.57. The first-order chi connectivity index (χ1) is 5.95. The molecule has 0 saturated carbocycles. The second-order valence-electron chi connectivity index (χ2n) is 2.27. The molecule has 0 aliphatic heterocycles. The summed E-state index contributed by atoms with van der Waals surface area (Å²) in [5.74, 6) is -0.0593. The first-order valence-electron chi connectivity index (χ1n) is 3.27. The van der Waals surface area contributed by atoms with Crippen LogP contribution in [0.4, 0.5) is 0 Å². The van der Waals surface area contributed by atoms with Gasteiger partial charge in [-0.2, -0.15) is 0 Å². The van der Waals surface area contributed by atoms with E-state index >= 15 is 0 Å². The molecule has 0 bridgehead atoms. The van der Waals surface area contributed by atoms with Crippen LogP contribution >= 0.6 is 10.7 Å². The number of methoxy groups -OCH3 is 1. The van der Waals surface area contributed by atoms with E-state index in [2.05, 4.69) is 0 Å². The van der Waals surface area contributed by atoms with Crippen LogP contribution in [0.2, 0.25) is 0 Å². The Morgan fingerprint density at radius 1 is 1.46 bits per heavy atom. The molecule has 4 nitrogen and oxygen atoms in total. The number of ether oxygens (including phenoxy) is 1. The fraction of sp³-hybridized carbons (Fsp3) is 0.143. The molecule has 0 atom stereocenters. The molecule has 0 fully saturated rings. The van der Waals surface area contributed by atoms with Crippen molar-refractivity contribution < 1.29 is 18.3 Å². The molecule has 72 valence electrons. The molecular weight excluding hydrogens is 216 g/mol. The van der Waals surface area contributed by atoms with Crippen LogP contribution in [-0.2, 0) is 9.05 Å². The molecule has 0 unspecified atom stereocenters. The third-order valence-electron chi connectivity index (χ3n) is 1.41. The van der Waals surface area contributed by atoms with Crippen molar-refractivity contribution in [2.24, 2.45) is 0 Å². The number of phenols is 1. The number of rotatable bonds is 2. The van der Waals surface area contributed by atoms with Crippen molar-refractivity contribution in [3.63, 3.8) is 0 Å². The average molecular weight is 223 g/mol. The molecule has 0 aromatic heterocycles. The fourth-order valence-electron chi connectivity index (χ4n) is 0.858. The molecule has 13 heavy (non-hydrogen) atoms. The van der Waals surface area contributed by atoms with Gasteiger partial charge in [0.2, 0.25) is 0 Å². The van der Waals surface area contributed by atoms with E-state index in [0.29, 0.717) is 0 Å². The average Bonchev–Trinajstić information content (AvgIpc) is 2.01. The first-order valence-corrected chi connectivity index (χ1v) is 5.58. The summed E-state index contributed by atoms with van der Waals surface area (Å²) < 4.78 is 26.6. The molecule has 0 saturated heterocycles. The molecule has 0 amide bonds. The lowest BCUT2D eigenvalue weighted by Gasteiger charge is -2.04. The van der Waals surface area contributed by atoms with Crippen molar-refractivity contribution in [3.8, 4) is 11.5 Å². The summed E-state index contributed by atoms with van der Waals surface area (Å²) >= 11 is 0. The van der Waals surface area contributed by atoms with Gasteiger partial charge in [0.05, 0.1) is 7.11 Å². The molecule has 0 radical (unpaired) electrons. The van der Waals surface area contributed by atoms with Crippen LogP contribution in [0.3, 0.4) is 0 Å². The van der Waals surface area contributed by atoms with Crippen LogP contribution in [0.5, 0.6) is 11.5 Å². The largest absolute Gasteiger partial charge is 0.508 e. The predicted molar refractivity (Wildman–Crippen MR) is 47.7 cm³/mol. The van der Waals surface area contributed by atoms with Gasteiger partial charge in [0.1, 0.15) is 16.4 Å². The van der Waals surface area contributed by atoms with E-state index in [9.17, 15) is 8.42 Å². The third kappa shape index (κ3) is 2.26. The highest BCUT2D eigenvalue weighted by Gasteiger charge is 2.16. The minimum atomic E-state index is -3.83. The van der Waals surface area contributed by atoms with E-state index in [1.54, 1.807) is 0 Å². The van der Waals surface area contributed by atoms with Crippen LogP contribution in [0.1, 0.15) is 0 Å². The maximum Gasteiger partial charge on any atom is 0.264 e. The number of benzene rings is 1. The van der Waals surface area contributed by atoms with E-state index in [-0.39, 0.29) is 16.4 Å². The number of phenolic OH excluding ortho intramolecular Hbond substituents is 1. The summed E-state index contributed by atoms with van der Waals surface area (Å²) in [7, 11) is 2.57. The lowest BCUT2D eigenvalue weighted by molar-refractivity contribution is 0.396. The zero-order valence-corrected chi connectivity index (χ0v) is 8.26. The van der Waals surface area contributed by atoms with Gasteiger partial charge in [0.25, 0.3) is 9.05 Å². The van der Waals surface area contributed by atoms with Gasteiger partial charge >= 0.3 is 0 Å². The van der Waals surface area contributed by atoms with Crippen molar-refractivity contribution in [1.82, 2.24) is 0 Å². The van der Waals surface area contributed by atoms with Gasteiger partial charge in [-0.3, -0.25) is 0 Å². The van der Waals surface area contributed by atoms with Gasteiger partial charge in [-0.05, 0) is 12.1 Å². The summed E-state index contributed by atoms with van der Waals surface area (Å²) in [4.78, 5) is -0.158. The van der Waals surface area contributed by atoms with Crippen molar-refractivity contribution in [3.05, 3.63) is 18.2 Å². The summed E-state index contributed by atoms with van der Waals surface area (Å²) in [5.41, 5.74) is 0. The summed E-state index contributed by atoms with van der Waals surface area (Å²) in [6.07, 6.45) is 0. The Bertz CT molecular complexity index is 413. The Balaban J connectivity index is 3.39. The number of halogens is 1. The van der Waals surface area contributed by atoms with Gasteiger partial charge in [-0.1, -0.05) is 0 Å². The highest BCUT2D eigenvalue weighted by molar-refractivity contribution is 8.13. The molecule has 0 heterocycles. The van der Waals surface area contributed by atoms with Crippen molar-refractivity contribution >= 4 is 19.7 Å². The lowest BCUT2D eigenvalue weighted by Crippen LogP contribution is -1.95. The molecule has 0 aliphatic carbocycles. The van der Waals surface area contributed by atoms with Gasteiger partial charge in [-0.25, -0.2) is 8.42 Å². The monoisotopic (exact) mass is 222 g/mol. The predicted octanol–water partition coefficient (Wildman–Crippen LogP) is 1.33. The van der Waals surface area contributed by atoms with Gasteiger partial charge < -0.3 is 9.84 Å². The van der Waals surface area contributed by atoms with Crippen LogP contribution in [-0.4, -0.2) is 20.6 Å². The van der Waals surface area contributed by atoms with E-state index in [4.69, 9.17) is 20.5 Å². The number of aromatic hydroxyl groups is 1. The highest BCUT2D eigenvalue weighted by atomic mass is 35.7. The van der Waals surface area contributed by atoms with Crippen LogP contribution < -0.4 is 4.74 Å². The van der Waals surface area contributed by atoms with E-state index in [1.807, 2.05) is 0 Å². The first kappa shape index (κ1) is 10.1. The van der Waals surface area contributed by atoms with Crippen molar-refractivity contribution in [1.29, 1.82) is 0 Å². The smallest absolute Gasteiger partial charge is 0.264 e. The van der Waals surface area contributed by atoms with Crippen LogP contribution in [0.15, 0.2) is 23.1 Å². The number of hydrogen-bond donors (Lipinski definition) is 1. The highest BCUT2D eigenvalue weighted by Crippen LogP contribution is 2.29. The summed E-state index contributed by atoms with van der Waals surface area (Å²) in [5, 5.41) is 9.02. The summed E-state index contributed by atoms with van der Waals surface area (Å²) in [6.45, 7) is 0. The zero-order chi connectivity index (χ0) is 10.1. The Kier molecular flexibility index (Phi) is 2.68. The van der Waals surface area contributed by atoms with Gasteiger partial charge in [0, 0.05) is 16.7 Å². The molecule has 1 N–H and O–H groups in total. The van der Waals surface area contributed by atoms with Crippen LogP contribution in [0.25, 0.3) is 0 Å². The quantitative estimate of drug-likeness (QED) is 0.767.